The minimum absolute atomic E-state index is 1.38. The second kappa shape index (κ2) is 9.67. The number of hydrogen-bond acceptors (Lipinski definition) is 0. The monoisotopic (exact) mass is 554 g/mol. The highest BCUT2D eigenvalue weighted by Gasteiger charge is 3.01. The van der Waals surface area contributed by atoms with Crippen LogP contribution in [0.2, 0.25) is 0 Å². The second-order valence-corrected chi connectivity index (χ2v) is 5.77. The summed E-state index contributed by atoms with van der Waals surface area (Å²) in [7, 11) is 0. The Labute approximate surface area is 156 Å². The molecule has 0 bridgehead atoms. The molecule has 0 nitrogen and oxygen atoms in total. The highest BCUT2D eigenvalue weighted by atomic mass is 79.9. The third-order valence-electron chi connectivity index (χ3n) is 1.58. The summed E-state index contributed by atoms with van der Waals surface area (Å²) in [6.07, 6.45) is 0. The first kappa shape index (κ1) is 31.0. The van der Waals surface area contributed by atoms with Crippen molar-refractivity contribution in [3.63, 3.8) is 0 Å². The standard InChI is InChI=1S/C4F8.CBrF3.CCl2F2.CHClF2/c5-1(6)2(7,8)4(11,12)3(1,9)10;2*2-1(3,4)5;2-1(3)4/h;;;1H. The molecule has 0 aromatic carbocycles. The SMILES string of the molecule is FC(F)(Cl)Cl.FC(F)(F)Br.FC(F)Cl.FC1(F)C(F)(F)C(F)(F)C1(F)F. The highest BCUT2D eigenvalue weighted by molar-refractivity contribution is 9.09. The van der Waals surface area contributed by atoms with Crippen LogP contribution in [0.4, 0.5) is 65.9 Å². The van der Waals surface area contributed by atoms with E-state index >= 15 is 0 Å². The van der Waals surface area contributed by atoms with Crippen LogP contribution in [0.3, 0.4) is 0 Å². The van der Waals surface area contributed by atoms with Crippen molar-refractivity contribution in [2.45, 2.75) is 39.5 Å². The number of hydrogen-bond donors (Lipinski definition) is 0. The van der Waals surface area contributed by atoms with Gasteiger partial charge in [0, 0.05) is 15.9 Å². The Balaban J connectivity index is -0.000000316. The van der Waals surface area contributed by atoms with Crippen molar-refractivity contribution in [3.05, 3.63) is 0 Å². The van der Waals surface area contributed by atoms with E-state index in [9.17, 15) is 65.9 Å². The maximum Gasteiger partial charge on any atom is 0.448 e. The van der Waals surface area contributed by atoms with Crippen LogP contribution in [0.1, 0.15) is 0 Å². The quantitative estimate of drug-likeness (QED) is 0.210. The molecule has 1 rings (SSSR count). The molecule has 0 N–H and O–H groups in total. The van der Waals surface area contributed by atoms with Crippen molar-refractivity contribution in [2.24, 2.45) is 0 Å². The van der Waals surface area contributed by atoms with Gasteiger partial charge in [0.15, 0.2) is 0 Å². The molecule has 0 aliphatic heterocycles. The molecule has 1 aliphatic rings. The molecule has 26 heavy (non-hydrogen) atoms. The van der Waals surface area contributed by atoms with E-state index in [-0.39, 0.29) is 0 Å². The molecule has 19 heteroatoms. The van der Waals surface area contributed by atoms with Crippen molar-refractivity contribution >= 4 is 50.7 Å². The third-order valence-corrected chi connectivity index (χ3v) is 1.58. The fourth-order valence-corrected chi connectivity index (χ4v) is 0.726. The van der Waals surface area contributed by atoms with Gasteiger partial charge in [-0.15, -0.1) is 0 Å². The average molecular weight is 556 g/mol. The predicted octanol–water partition coefficient (Wildman–Crippen LogP) is 7.90. The molecule has 0 spiro atoms. The number of halogens is 19. The lowest BCUT2D eigenvalue weighted by molar-refractivity contribution is -0.506. The topological polar surface area (TPSA) is 0 Å². The van der Waals surface area contributed by atoms with E-state index in [0.29, 0.717) is 0 Å². The number of alkyl halides is 19. The van der Waals surface area contributed by atoms with E-state index in [2.05, 4.69) is 34.8 Å². The zero-order chi connectivity index (χ0) is 22.6. The lowest BCUT2D eigenvalue weighted by Gasteiger charge is -2.49. The van der Waals surface area contributed by atoms with Crippen LogP contribution in [0.5, 0.6) is 0 Å². The predicted molar refractivity (Wildman–Crippen MR) is 63.3 cm³/mol. The molecule has 0 heterocycles. The lowest BCUT2D eigenvalue weighted by atomic mass is 9.80. The van der Waals surface area contributed by atoms with Crippen LogP contribution < -0.4 is 0 Å². The second-order valence-electron chi connectivity index (χ2n) is 3.40. The van der Waals surface area contributed by atoms with Crippen LogP contribution >= 0.6 is 50.7 Å². The molecule has 1 fully saturated rings. The molecule has 0 aromatic rings. The van der Waals surface area contributed by atoms with Gasteiger partial charge < -0.3 is 0 Å². The average Bonchev–Trinajstić information content (AvgIpc) is 2.21. The first-order valence-corrected chi connectivity index (χ1v) is 6.66. The summed E-state index contributed by atoms with van der Waals surface area (Å²) in [5, 5.41) is -4.19. The van der Waals surface area contributed by atoms with Crippen LogP contribution in [-0.4, -0.2) is 39.5 Å². The van der Waals surface area contributed by atoms with Crippen molar-refractivity contribution in [3.8, 4) is 0 Å². The summed E-state index contributed by atoms with van der Waals surface area (Å²) in [6, 6.07) is 0. The van der Waals surface area contributed by atoms with Crippen molar-refractivity contribution < 1.29 is 65.9 Å². The Morgan fingerprint density at radius 3 is 0.692 bits per heavy atom. The Hall–Kier alpha value is 0.300. The van der Waals surface area contributed by atoms with Crippen LogP contribution in [0, 0.1) is 0 Å². The van der Waals surface area contributed by atoms with Gasteiger partial charge in [0.1, 0.15) is 0 Å². The summed E-state index contributed by atoms with van der Waals surface area (Å²) >= 11 is 13.2. The number of rotatable bonds is 0. The summed E-state index contributed by atoms with van der Waals surface area (Å²) in [4.78, 5) is -3.56. The summed E-state index contributed by atoms with van der Waals surface area (Å²) in [5.41, 5.74) is 0. The van der Waals surface area contributed by atoms with Gasteiger partial charge in [-0.3, -0.25) is 0 Å². The van der Waals surface area contributed by atoms with E-state index in [1.165, 1.54) is 15.9 Å². The van der Waals surface area contributed by atoms with Gasteiger partial charge in [0.05, 0.1) is 0 Å². The zero-order valence-corrected chi connectivity index (χ0v) is 14.6. The first-order valence-electron chi connectivity index (χ1n) is 4.68. The Morgan fingerprint density at radius 2 is 0.654 bits per heavy atom. The summed E-state index contributed by atoms with van der Waals surface area (Å²) < 4.78 is 165. The van der Waals surface area contributed by atoms with Crippen LogP contribution in [0.15, 0.2) is 0 Å². The first-order chi connectivity index (χ1) is 10.7. The van der Waals surface area contributed by atoms with Gasteiger partial charge in [-0.2, -0.15) is 65.9 Å². The van der Waals surface area contributed by atoms with Gasteiger partial charge in [0.2, 0.25) is 0 Å². The van der Waals surface area contributed by atoms with E-state index in [0.717, 1.165) is 0 Å². The van der Waals surface area contributed by atoms with E-state index < -0.39 is 39.5 Å². The van der Waals surface area contributed by atoms with Gasteiger partial charge in [0.25, 0.3) is 0 Å². The molecule has 1 saturated carbocycles. The Bertz CT molecular complexity index is 324. The summed E-state index contributed by atoms with van der Waals surface area (Å²) in [6.45, 7) is 0. The lowest BCUT2D eigenvalue weighted by Crippen LogP contribution is -2.82. The molecule has 0 unspecified atom stereocenters. The normalized spacial score (nSPS) is 21.7. The molecule has 0 radical (unpaired) electrons. The minimum atomic E-state index is -5.97. The molecule has 0 atom stereocenters. The maximum atomic E-state index is 11.6. The van der Waals surface area contributed by atoms with Gasteiger partial charge in [-0.05, 0) is 23.2 Å². The van der Waals surface area contributed by atoms with Gasteiger partial charge in [-0.1, -0.05) is 11.6 Å². The van der Waals surface area contributed by atoms with Crippen molar-refractivity contribution in [1.29, 1.82) is 0 Å². The largest absolute Gasteiger partial charge is 0.448 e. The molecule has 1 aliphatic carbocycles. The summed E-state index contributed by atoms with van der Waals surface area (Å²) in [5.74, 6) is -26.6. The van der Waals surface area contributed by atoms with Crippen LogP contribution in [-0.2, 0) is 0 Å². The van der Waals surface area contributed by atoms with Gasteiger partial charge in [-0.25, -0.2) is 0 Å². The zero-order valence-electron chi connectivity index (χ0n) is 10.8. The van der Waals surface area contributed by atoms with Gasteiger partial charge >= 0.3 is 39.5 Å². The van der Waals surface area contributed by atoms with E-state index in [4.69, 9.17) is 0 Å². The molecular weight excluding hydrogens is 555 g/mol. The minimum Gasteiger partial charge on any atom is -0.192 e. The fourth-order valence-electron chi connectivity index (χ4n) is 0.726. The fraction of sp³-hybridized carbons (Fsp3) is 1.00. The third kappa shape index (κ3) is 10.0. The molecule has 0 aromatic heterocycles. The Kier molecular flexibility index (Phi) is 11.5. The maximum absolute atomic E-state index is 11.6. The van der Waals surface area contributed by atoms with E-state index in [1.807, 2.05) is 0 Å². The smallest absolute Gasteiger partial charge is 0.192 e. The van der Waals surface area contributed by atoms with Crippen molar-refractivity contribution in [2.75, 3.05) is 0 Å². The van der Waals surface area contributed by atoms with Crippen molar-refractivity contribution in [1.82, 2.24) is 0 Å². The molecule has 0 amide bonds. The molecule has 162 valence electrons. The van der Waals surface area contributed by atoms with Crippen LogP contribution in [0.25, 0.3) is 0 Å². The van der Waals surface area contributed by atoms with E-state index in [1.54, 1.807) is 0 Å². The molecular formula is C7HBrCl3F15. The molecule has 0 saturated heterocycles. The highest BCUT2D eigenvalue weighted by Crippen LogP contribution is 2.69. The Morgan fingerprint density at radius 1 is 0.615 bits per heavy atom.